The van der Waals surface area contributed by atoms with Gasteiger partial charge in [0.15, 0.2) is 0 Å². The van der Waals surface area contributed by atoms with E-state index in [2.05, 4.69) is 20.3 Å². The molecule has 0 saturated carbocycles. The highest BCUT2D eigenvalue weighted by molar-refractivity contribution is 5.77. The van der Waals surface area contributed by atoms with Crippen molar-refractivity contribution < 1.29 is 4.42 Å². The third kappa shape index (κ3) is 1.63. The van der Waals surface area contributed by atoms with E-state index in [-0.39, 0.29) is 0 Å². The van der Waals surface area contributed by atoms with Gasteiger partial charge in [0.05, 0.1) is 23.8 Å². The molecule has 0 aliphatic heterocycles. The van der Waals surface area contributed by atoms with Crippen molar-refractivity contribution in [2.45, 2.75) is 6.54 Å². The van der Waals surface area contributed by atoms with Crippen LogP contribution in [0.5, 0.6) is 0 Å². The summed E-state index contributed by atoms with van der Waals surface area (Å²) in [6.07, 6.45) is 3.17. The number of oxazole rings is 1. The average molecular weight is 214 g/mol. The fourth-order valence-corrected chi connectivity index (χ4v) is 1.54. The van der Waals surface area contributed by atoms with E-state index in [1.807, 2.05) is 24.3 Å². The summed E-state index contributed by atoms with van der Waals surface area (Å²) in [5.74, 6) is 1.36. The highest BCUT2D eigenvalue weighted by atomic mass is 16.3. The number of anilines is 1. The maximum absolute atomic E-state index is 5.11. The summed E-state index contributed by atoms with van der Waals surface area (Å²) in [7, 11) is 0. The number of nitrogens with zero attached hydrogens (tertiary/aromatic N) is 2. The minimum absolute atomic E-state index is 0.521. The summed E-state index contributed by atoms with van der Waals surface area (Å²) in [6.45, 7) is 0.521. The lowest BCUT2D eigenvalue weighted by molar-refractivity contribution is 0.503. The van der Waals surface area contributed by atoms with Crippen molar-refractivity contribution in [2.24, 2.45) is 0 Å². The number of H-pyrrole nitrogens is 1. The van der Waals surface area contributed by atoms with Crippen molar-refractivity contribution in [1.82, 2.24) is 15.0 Å². The Hall–Kier alpha value is -2.30. The first-order valence-corrected chi connectivity index (χ1v) is 4.99. The lowest BCUT2D eigenvalue weighted by atomic mass is 10.3. The van der Waals surface area contributed by atoms with Crippen LogP contribution >= 0.6 is 0 Å². The molecule has 1 aromatic carbocycles. The number of rotatable bonds is 3. The minimum Gasteiger partial charge on any atom is -0.447 e. The van der Waals surface area contributed by atoms with E-state index in [9.17, 15) is 0 Å². The predicted molar refractivity (Wildman–Crippen MR) is 59.9 cm³/mol. The molecule has 5 heteroatoms. The van der Waals surface area contributed by atoms with E-state index >= 15 is 0 Å². The Morgan fingerprint density at radius 1 is 1.31 bits per heavy atom. The van der Waals surface area contributed by atoms with Crippen LogP contribution in [-0.4, -0.2) is 15.0 Å². The molecule has 0 radical (unpaired) electrons. The summed E-state index contributed by atoms with van der Waals surface area (Å²) in [6, 6.07) is 7.88. The van der Waals surface area contributed by atoms with Crippen molar-refractivity contribution in [2.75, 3.05) is 5.32 Å². The Morgan fingerprint density at radius 2 is 2.25 bits per heavy atom. The quantitative estimate of drug-likeness (QED) is 0.701. The van der Waals surface area contributed by atoms with Gasteiger partial charge in [-0.1, -0.05) is 12.1 Å². The van der Waals surface area contributed by atoms with E-state index in [1.54, 1.807) is 12.5 Å². The maximum Gasteiger partial charge on any atom is 0.213 e. The molecule has 3 aromatic rings. The zero-order valence-electron chi connectivity index (χ0n) is 8.47. The number of nitrogens with one attached hydrogen (secondary N) is 2. The normalized spacial score (nSPS) is 10.8. The molecule has 0 bridgehead atoms. The molecule has 0 fully saturated rings. The number of imidazole rings is 1. The van der Waals surface area contributed by atoms with Crippen LogP contribution in [0.2, 0.25) is 0 Å². The van der Waals surface area contributed by atoms with Gasteiger partial charge in [-0.3, -0.25) is 0 Å². The topological polar surface area (TPSA) is 66.7 Å². The van der Waals surface area contributed by atoms with Gasteiger partial charge in [0.25, 0.3) is 0 Å². The zero-order chi connectivity index (χ0) is 10.8. The Labute approximate surface area is 91.5 Å². The number of fused-ring (bicyclic) bond motifs is 1. The molecule has 3 rings (SSSR count). The van der Waals surface area contributed by atoms with Crippen LogP contribution in [0.3, 0.4) is 0 Å². The minimum atomic E-state index is 0.521. The standard InChI is InChI=1S/C11H10N4O/c1-2-4-9-8(3-1)14-11(15-9)13-7-10-12-5-6-16-10/h1-6H,7H2,(H2,13,14,15). The molecule has 0 aliphatic rings. The number of hydrogen-bond donors (Lipinski definition) is 2. The molecule has 16 heavy (non-hydrogen) atoms. The summed E-state index contributed by atoms with van der Waals surface area (Å²) >= 11 is 0. The highest BCUT2D eigenvalue weighted by Gasteiger charge is 2.02. The number of hydrogen-bond acceptors (Lipinski definition) is 4. The van der Waals surface area contributed by atoms with Crippen molar-refractivity contribution in [3.8, 4) is 0 Å². The van der Waals surface area contributed by atoms with Crippen LogP contribution in [0, 0.1) is 0 Å². The van der Waals surface area contributed by atoms with E-state index < -0.39 is 0 Å². The smallest absolute Gasteiger partial charge is 0.213 e. The monoisotopic (exact) mass is 214 g/mol. The number of aromatic amines is 1. The molecule has 0 atom stereocenters. The highest BCUT2D eigenvalue weighted by Crippen LogP contribution is 2.13. The zero-order valence-corrected chi connectivity index (χ0v) is 8.47. The van der Waals surface area contributed by atoms with Crippen LogP contribution < -0.4 is 5.32 Å². The third-order valence-electron chi connectivity index (χ3n) is 2.28. The third-order valence-corrected chi connectivity index (χ3v) is 2.28. The largest absolute Gasteiger partial charge is 0.447 e. The Morgan fingerprint density at radius 3 is 3.06 bits per heavy atom. The Kier molecular flexibility index (Phi) is 2.07. The number of aromatic nitrogens is 3. The summed E-state index contributed by atoms with van der Waals surface area (Å²) < 4.78 is 5.11. The van der Waals surface area contributed by atoms with Gasteiger partial charge in [0.2, 0.25) is 11.8 Å². The predicted octanol–water partition coefficient (Wildman–Crippen LogP) is 2.16. The fourth-order valence-electron chi connectivity index (χ4n) is 1.54. The lowest BCUT2D eigenvalue weighted by Crippen LogP contribution is -2.00. The molecule has 0 spiro atoms. The molecule has 0 unspecified atom stereocenters. The van der Waals surface area contributed by atoms with Gasteiger partial charge < -0.3 is 14.7 Å². The van der Waals surface area contributed by atoms with E-state index in [0.717, 1.165) is 17.0 Å². The molecular formula is C11H10N4O. The summed E-state index contributed by atoms with van der Waals surface area (Å²) in [4.78, 5) is 11.6. The van der Waals surface area contributed by atoms with Gasteiger partial charge >= 0.3 is 0 Å². The van der Waals surface area contributed by atoms with Crippen LogP contribution in [-0.2, 0) is 6.54 Å². The summed E-state index contributed by atoms with van der Waals surface area (Å²) in [5.41, 5.74) is 1.95. The Bertz CT molecular complexity index is 552. The molecule has 0 amide bonds. The van der Waals surface area contributed by atoms with Gasteiger partial charge in [-0.25, -0.2) is 9.97 Å². The van der Waals surface area contributed by atoms with Gasteiger partial charge in [-0.15, -0.1) is 0 Å². The molecule has 5 nitrogen and oxygen atoms in total. The van der Waals surface area contributed by atoms with Gasteiger partial charge in [0, 0.05) is 0 Å². The molecule has 80 valence electrons. The second kappa shape index (κ2) is 3.69. The number of benzene rings is 1. The van der Waals surface area contributed by atoms with Gasteiger partial charge in [0.1, 0.15) is 6.26 Å². The van der Waals surface area contributed by atoms with Crippen LogP contribution in [0.1, 0.15) is 5.89 Å². The SMILES string of the molecule is c1ccc2[nH]c(NCc3ncco3)nc2c1. The molecule has 0 saturated heterocycles. The maximum atomic E-state index is 5.11. The van der Waals surface area contributed by atoms with Crippen LogP contribution in [0.15, 0.2) is 41.1 Å². The van der Waals surface area contributed by atoms with E-state index in [4.69, 9.17) is 4.42 Å². The first-order valence-electron chi connectivity index (χ1n) is 4.99. The molecular weight excluding hydrogens is 204 g/mol. The van der Waals surface area contributed by atoms with Crippen molar-refractivity contribution >= 4 is 17.0 Å². The van der Waals surface area contributed by atoms with Crippen LogP contribution in [0.4, 0.5) is 5.95 Å². The first kappa shape index (κ1) is 8.96. The average Bonchev–Trinajstić information content (AvgIpc) is 2.95. The van der Waals surface area contributed by atoms with Crippen molar-refractivity contribution in [3.05, 3.63) is 42.6 Å². The van der Waals surface area contributed by atoms with Gasteiger partial charge in [-0.2, -0.15) is 0 Å². The van der Waals surface area contributed by atoms with Crippen molar-refractivity contribution in [1.29, 1.82) is 0 Å². The Balaban J connectivity index is 1.79. The second-order valence-electron chi connectivity index (χ2n) is 3.38. The second-order valence-corrected chi connectivity index (χ2v) is 3.38. The van der Waals surface area contributed by atoms with Crippen molar-refractivity contribution in [3.63, 3.8) is 0 Å². The van der Waals surface area contributed by atoms with E-state index in [0.29, 0.717) is 12.4 Å². The molecule has 2 heterocycles. The molecule has 0 aliphatic carbocycles. The molecule has 2 N–H and O–H groups in total. The first-order chi connectivity index (χ1) is 7.92. The van der Waals surface area contributed by atoms with E-state index in [1.165, 1.54) is 0 Å². The van der Waals surface area contributed by atoms with Gasteiger partial charge in [-0.05, 0) is 12.1 Å². The lowest BCUT2D eigenvalue weighted by Gasteiger charge is -1.97. The number of para-hydroxylation sites is 2. The fraction of sp³-hybridized carbons (Fsp3) is 0.0909. The molecule has 2 aromatic heterocycles. The van der Waals surface area contributed by atoms with Crippen LogP contribution in [0.25, 0.3) is 11.0 Å². The summed E-state index contributed by atoms with van der Waals surface area (Å²) in [5, 5.41) is 3.11.